The highest BCUT2D eigenvalue weighted by atomic mass is 16.6. The van der Waals surface area contributed by atoms with Crippen LogP contribution in [-0.2, 0) is 6.54 Å². The molecule has 0 aliphatic heterocycles. The molecule has 0 atom stereocenters. The van der Waals surface area contributed by atoms with Gasteiger partial charge in [-0.25, -0.2) is 4.98 Å². The Kier molecular flexibility index (Phi) is 3.94. The van der Waals surface area contributed by atoms with Crippen molar-refractivity contribution >= 4 is 5.69 Å². The minimum Gasteiger partial charge on any atom is -0.388 e. The van der Waals surface area contributed by atoms with Gasteiger partial charge in [-0.05, 0) is 25.0 Å². The molecule has 6 nitrogen and oxygen atoms in total. The van der Waals surface area contributed by atoms with Crippen LogP contribution in [0.2, 0.25) is 0 Å². The smallest absolute Gasteiger partial charge is 0.269 e. The highest BCUT2D eigenvalue weighted by Gasteiger charge is 2.30. The van der Waals surface area contributed by atoms with Gasteiger partial charge in [0.1, 0.15) is 5.82 Å². The summed E-state index contributed by atoms with van der Waals surface area (Å²) in [6.07, 6.45) is 8.46. The Morgan fingerprint density at radius 3 is 2.55 bits per heavy atom. The van der Waals surface area contributed by atoms with Gasteiger partial charge in [0.05, 0.1) is 17.1 Å². The van der Waals surface area contributed by atoms with Crippen LogP contribution in [0.5, 0.6) is 0 Å². The quantitative estimate of drug-likeness (QED) is 0.694. The average molecular weight is 301 g/mol. The molecule has 0 bridgehead atoms. The Hall–Kier alpha value is -2.21. The van der Waals surface area contributed by atoms with E-state index in [9.17, 15) is 15.2 Å². The Labute approximate surface area is 128 Å². The number of hydrogen-bond acceptors (Lipinski definition) is 4. The van der Waals surface area contributed by atoms with Crippen molar-refractivity contribution in [1.29, 1.82) is 0 Å². The SMILES string of the molecule is O=[N+]([O-])c1ccc(-c2nccn2CC2(O)CCCCC2)cc1. The normalized spacial score (nSPS) is 17.3. The molecule has 0 saturated heterocycles. The van der Waals surface area contributed by atoms with Gasteiger partial charge in [-0.2, -0.15) is 0 Å². The fourth-order valence-corrected chi connectivity index (χ4v) is 3.11. The molecule has 3 rings (SSSR count). The number of aliphatic hydroxyl groups is 1. The second kappa shape index (κ2) is 5.88. The first-order valence-corrected chi connectivity index (χ1v) is 7.56. The van der Waals surface area contributed by atoms with Crippen LogP contribution in [0.15, 0.2) is 36.7 Å². The molecule has 1 N–H and O–H groups in total. The molecule has 0 unspecified atom stereocenters. The lowest BCUT2D eigenvalue weighted by Gasteiger charge is -2.32. The van der Waals surface area contributed by atoms with Crippen molar-refractivity contribution in [2.45, 2.75) is 44.2 Å². The molecule has 1 fully saturated rings. The number of benzene rings is 1. The zero-order chi connectivity index (χ0) is 15.6. The summed E-state index contributed by atoms with van der Waals surface area (Å²) in [5.74, 6) is 0.730. The predicted molar refractivity (Wildman–Crippen MR) is 82.4 cm³/mol. The molecule has 2 aromatic rings. The van der Waals surface area contributed by atoms with Crippen LogP contribution in [0.1, 0.15) is 32.1 Å². The lowest BCUT2D eigenvalue weighted by Crippen LogP contribution is -2.36. The fourth-order valence-electron chi connectivity index (χ4n) is 3.11. The van der Waals surface area contributed by atoms with Gasteiger partial charge < -0.3 is 9.67 Å². The molecule has 1 aromatic carbocycles. The van der Waals surface area contributed by atoms with Crippen LogP contribution < -0.4 is 0 Å². The molecule has 0 amide bonds. The summed E-state index contributed by atoms with van der Waals surface area (Å²) >= 11 is 0. The maximum absolute atomic E-state index is 10.7. The molecular weight excluding hydrogens is 282 g/mol. The first-order valence-electron chi connectivity index (χ1n) is 7.56. The molecular formula is C16H19N3O3. The van der Waals surface area contributed by atoms with Crippen molar-refractivity contribution in [3.05, 3.63) is 46.8 Å². The van der Waals surface area contributed by atoms with E-state index in [4.69, 9.17) is 0 Å². The van der Waals surface area contributed by atoms with Gasteiger partial charge in [0.15, 0.2) is 0 Å². The van der Waals surface area contributed by atoms with E-state index < -0.39 is 10.5 Å². The standard InChI is InChI=1S/C16H19N3O3/c20-16(8-2-1-3-9-16)12-18-11-10-17-15(18)13-4-6-14(7-5-13)19(21)22/h4-7,10-11,20H,1-3,8-9,12H2. The monoisotopic (exact) mass is 301 g/mol. The van der Waals surface area contributed by atoms with E-state index in [0.29, 0.717) is 6.54 Å². The van der Waals surface area contributed by atoms with Gasteiger partial charge in [-0.15, -0.1) is 0 Å². The van der Waals surface area contributed by atoms with E-state index in [2.05, 4.69) is 4.98 Å². The Morgan fingerprint density at radius 2 is 1.91 bits per heavy atom. The average Bonchev–Trinajstić information content (AvgIpc) is 2.95. The lowest BCUT2D eigenvalue weighted by molar-refractivity contribution is -0.384. The second-order valence-corrected chi connectivity index (χ2v) is 5.97. The number of nitro benzene ring substituents is 1. The summed E-state index contributed by atoms with van der Waals surface area (Å²) in [5, 5.41) is 21.4. The topological polar surface area (TPSA) is 81.2 Å². The van der Waals surface area contributed by atoms with E-state index >= 15 is 0 Å². The highest BCUT2D eigenvalue weighted by Crippen LogP contribution is 2.31. The highest BCUT2D eigenvalue weighted by molar-refractivity contribution is 5.57. The summed E-state index contributed by atoms with van der Waals surface area (Å²) in [6.45, 7) is 0.513. The summed E-state index contributed by atoms with van der Waals surface area (Å²) in [4.78, 5) is 14.6. The van der Waals surface area contributed by atoms with Crippen molar-refractivity contribution < 1.29 is 10.0 Å². The largest absolute Gasteiger partial charge is 0.388 e. The number of nitro groups is 1. The maximum Gasteiger partial charge on any atom is 0.269 e. The van der Waals surface area contributed by atoms with Gasteiger partial charge in [-0.1, -0.05) is 19.3 Å². The molecule has 1 aliphatic rings. The molecule has 22 heavy (non-hydrogen) atoms. The van der Waals surface area contributed by atoms with Crippen LogP contribution in [0.4, 0.5) is 5.69 Å². The zero-order valence-electron chi connectivity index (χ0n) is 12.3. The molecule has 6 heteroatoms. The van der Waals surface area contributed by atoms with Crippen molar-refractivity contribution in [2.24, 2.45) is 0 Å². The molecule has 1 saturated carbocycles. The third-order valence-electron chi connectivity index (χ3n) is 4.30. The second-order valence-electron chi connectivity index (χ2n) is 5.97. The minimum atomic E-state index is -0.672. The Bertz CT molecular complexity index is 658. The molecule has 1 aromatic heterocycles. The fraction of sp³-hybridized carbons (Fsp3) is 0.438. The molecule has 0 spiro atoms. The van der Waals surface area contributed by atoms with Crippen molar-refractivity contribution in [1.82, 2.24) is 9.55 Å². The molecule has 1 aliphatic carbocycles. The van der Waals surface area contributed by atoms with Crippen LogP contribution in [0, 0.1) is 10.1 Å². The minimum absolute atomic E-state index is 0.0627. The van der Waals surface area contributed by atoms with Crippen LogP contribution >= 0.6 is 0 Å². The maximum atomic E-state index is 10.7. The summed E-state index contributed by atoms with van der Waals surface area (Å²) in [7, 11) is 0. The molecule has 0 radical (unpaired) electrons. The lowest BCUT2D eigenvalue weighted by atomic mass is 9.85. The zero-order valence-corrected chi connectivity index (χ0v) is 12.3. The van der Waals surface area contributed by atoms with Gasteiger partial charge in [-0.3, -0.25) is 10.1 Å². The number of hydrogen-bond donors (Lipinski definition) is 1. The van der Waals surface area contributed by atoms with Crippen LogP contribution in [0.25, 0.3) is 11.4 Å². The number of nitrogens with zero attached hydrogens (tertiary/aromatic N) is 3. The van der Waals surface area contributed by atoms with Crippen molar-refractivity contribution in [3.63, 3.8) is 0 Å². The third kappa shape index (κ3) is 3.01. The molecule has 116 valence electrons. The van der Waals surface area contributed by atoms with E-state index in [-0.39, 0.29) is 5.69 Å². The Morgan fingerprint density at radius 1 is 1.23 bits per heavy atom. The number of rotatable bonds is 4. The van der Waals surface area contributed by atoms with E-state index in [1.165, 1.54) is 18.6 Å². The summed E-state index contributed by atoms with van der Waals surface area (Å²) < 4.78 is 1.94. The van der Waals surface area contributed by atoms with Gasteiger partial charge in [0, 0.05) is 30.1 Å². The van der Waals surface area contributed by atoms with Crippen LogP contribution in [0.3, 0.4) is 0 Å². The van der Waals surface area contributed by atoms with E-state index in [1.54, 1.807) is 18.3 Å². The van der Waals surface area contributed by atoms with Gasteiger partial charge >= 0.3 is 0 Å². The number of non-ortho nitro benzene ring substituents is 1. The van der Waals surface area contributed by atoms with Gasteiger partial charge in [0.2, 0.25) is 0 Å². The molecule has 1 heterocycles. The predicted octanol–water partition coefficient (Wildman–Crippen LogP) is 3.15. The first-order chi connectivity index (χ1) is 10.6. The van der Waals surface area contributed by atoms with Crippen molar-refractivity contribution in [3.8, 4) is 11.4 Å². The van der Waals surface area contributed by atoms with Crippen molar-refractivity contribution in [2.75, 3.05) is 0 Å². The number of imidazole rings is 1. The number of aromatic nitrogens is 2. The summed E-state index contributed by atoms with van der Waals surface area (Å²) in [6, 6.07) is 6.34. The third-order valence-corrected chi connectivity index (χ3v) is 4.30. The Balaban J connectivity index is 1.83. The van der Waals surface area contributed by atoms with E-state index in [0.717, 1.165) is 37.1 Å². The van der Waals surface area contributed by atoms with Gasteiger partial charge in [0.25, 0.3) is 5.69 Å². The van der Waals surface area contributed by atoms with Crippen LogP contribution in [-0.4, -0.2) is 25.2 Å². The van der Waals surface area contributed by atoms with E-state index in [1.807, 2.05) is 10.8 Å². The summed E-state index contributed by atoms with van der Waals surface area (Å²) in [5.41, 5.74) is 0.205. The first kappa shape index (κ1) is 14.7.